The van der Waals surface area contributed by atoms with Crippen LogP contribution in [0.5, 0.6) is 0 Å². The van der Waals surface area contributed by atoms with E-state index in [-0.39, 0.29) is 6.54 Å². The first-order valence-electron chi connectivity index (χ1n) is 6.84. The normalized spacial score (nSPS) is 20.2. The van der Waals surface area contributed by atoms with Crippen molar-refractivity contribution in [1.82, 2.24) is 4.90 Å². The molecule has 0 bridgehead atoms. The molecule has 1 fully saturated rings. The molecule has 3 nitrogen and oxygen atoms in total. The van der Waals surface area contributed by atoms with Crippen LogP contribution in [0.15, 0.2) is 30.3 Å². The van der Waals surface area contributed by atoms with Crippen molar-refractivity contribution in [2.24, 2.45) is 5.73 Å². The number of nitrogens with zero attached hydrogens (tertiary/aromatic N) is 1. The topological polar surface area (TPSA) is 49.5 Å². The number of hydrogen-bond acceptors (Lipinski definition) is 3. The summed E-state index contributed by atoms with van der Waals surface area (Å²) in [4.78, 5) is 2.27. The van der Waals surface area contributed by atoms with Crippen LogP contribution in [0.3, 0.4) is 0 Å². The van der Waals surface area contributed by atoms with Gasteiger partial charge in [-0.25, -0.2) is 0 Å². The third kappa shape index (κ3) is 2.91. The van der Waals surface area contributed by atoms with Crippen LogP contribution in [-0.4, -0.2) is 36.2 Å². The summed E-state index contributed by atoms with van der Waals surface area (Å²) in [5.41, 5.74) is 5.79. The molecule has 3 heteroatoms. The maximum atomic E-state index is 10.8. The van der Waals surface area contributed by atoms with Gasteiger partial charge in [0.1, 0.15) is 5.60 Å². The largest absolute Gasteiger partial charge is 0.382 e. The van der Waals surface area contributed by atoms with Gasteiger partial charge >= 0.3 is 0 Å². The molecule has 0 radical (unpaired) electrons. The highest BCUT2D eigenvalue weighted by Gasteiger charge is 2.32. The fraction of sp³-hybridized carbons (Fsp3) is 0.600. The zero-order valence-corrected chi connectivity index (χ0v) is 11.2. The Morgan fingerprint density at radius 2 is 1.89 bits per heavy atom. The van der Waals surface area contributed by atoms with Gasteiger partial charge in [-0.15, -0.1) is 0 Å². The smallest absolute Gasteiger partial charge is 0.114 e. The van der Waals surface area contributed by atoms with Gasteiger partial charge in [0.2, 0.25) is 0 Å². The molecule has 2 rings (SSSR count). The predicted octanol–water partition coefficient (Wildman–Crippen LogP) is 1.71. The van der Waals surface area contributed by atoms with Gasteiger partial charge in [0.05, 0.1) is 0 Å². The van der Waals surface area contributed by atoms with E-state index in [4.69, 9.17) is 5.73 Å². The Morgan fingerprint density at radius 1 is 1.28 bits per heavy atom. The first-order valence-corrected chi connectivity index (χ1v) is 6.84. The lowest BCUT2D eigenvalue weighted by Gasteiger charge is -2.34. The highest BCUT2D eigenvalue weighted by atomic mass is 16.3. The second-order valence-electron chi connectivity index (χ2n) is 5.46. The monoisotopic (exact) mass is 248 g/mol. The molecular formula is C15H24N2O. The molecule has 0 spiro atoms. The molecule has 1 aliphatic carbocycles. The van der Waals surface area contributed by atoms with E-state index in [9.17, 15) is 5.11 Å². The third-order valence-electron chi connectivity index (χ3n) is 4.11. The van der Waals surface area contributed by atoms with E-state index in [0.717, 1.165) is 5.56 Å². The molecule has 1 atom stereocenters. The van der Waals surface area contributed by atoms with Crippen LogP contribution in [0.1, 0.15) is 31.2 Å². The van der Waals surface area contributed by atoms with Gasteiger partial charge in [0.25, 0.3) is 0 Å². The molecular weight excluding hydrogens is 224 g/mol. The molecule has 0 aliphatic heterocycles. The van der Waals surface area contributed by atoms with Crippen LogP contribution >= 0.6 is 0 Å². The molecule has 1 aliphatic rings. The Bertz CT molecular complexity index is 362. The maximum absolute atomic E-state index is 10.8. The average molecular weight is 248 g/mol. The molecule has 0 amide bonds. The number of aliphatic hydroxyl groups is 1. The summed E-state index contributed by atoms with van der Waals surface area (Å²) >= 11 is 0. The highest BCUT2D eigenvalue weighted by Crippen LogP contribution is 2.27. The quantitative estimate of drug-likeness (QED) is 0.834. The molecule has 1 aromatic carbocycles. The fourth-order valence-corrected chi connectivity index (χ4v) is 2.91. The average Bonchev–Trinajstić information content (AvgIpc) is 2.93. The maximum Gasteiger partial charge on any atom is 0.114 e. The fourth-order valence-electron chi connectivity index (χ4n) is 2.91. The Morgan fingerprint density at radius 3 is 2.44 bits per heavy atom. The summed E-state index contributed by atoms with van der Waals surface area (Å²) in [5, 5.41) is 10.8. The van der Waals surface area contributed by atoms with Gasteiger partial charge in [-0.1, -0.05) is 43.2 Å². The van der Waals surface area contributed by atoms with E-state index in [1.165, 1.54) is 25.7 Å². The Hall–Kier alpha value is -0.900. The van der Waals surface area contributed by atoms with Crippen LogP contribution in [0.4, 0.5) is 0 Å². The zero-order chi connectivity index (χ0) is 13.0. The summed E-state index contributed by atoms with van der Waals surface area (Å²) in [5.74, 6) is 0. The van der Waals surface area contributed by atoms with E-state index < -0.39 is 5.60 Å². The minimum Gasteiger partial charge on any atom is -0.382 e. The summed E-state index contributed by atoms with van der Waals surface area (Å²) in [7, 11) is 2.10. The number of rotatable bonds is 5. The lowest BCUT2D eigenvalue weighted by molar-refractivity contribution is 0.00334. The summed E-state index contributed by atoms with van der Waals surface area (Å²) in [6.45, 7) is 0.867. The van der Waals surface area contributed by atoms with E-state index >= 15 is 0 Å². The van der Waals surface area contributed by atoms with Crippen LogP contribution < -0.4 is 5.73 Å². The lowest BCUT2D eigenvalue weighted by Crippen LogP contribution is -2.47. The Kier molecular flexibility index (Phi) is 4.38. The first-order chi connectivity index (χ1) is 8.65. The standard InChI is InChI=1S/C15H24N2O/c1-17(14-9-5-6-10-14)12-15(18,11-16)13-7-3-2-4-8-13/h2-4,7-8,14,18H,5-6,9-12,16H2,1H3. The second-order valence-corrected chi connectivity index (χ2v) is 5.46. The zero-order valence-electron chi connectivity index (χ0n) is 11.2. The molecule has 0 aromatic heterocycles. The van der Waals surface area contributed by atoms with Gasteiger partial charge in [-0.3, -0.25) is 0 Å². The Balaban J connectivity index is 2.08. The van der Waals surface area contributed by atoms with Gasteiger partial charge in [0, 0.05) is 19.1 Å². The molecule has 1 saturated carbocycles. The second kappa shape index (κ2) is 5.83. The first kappa shape index (κ1) is 13.5. The third-order valence-corrected chi connectivity index (χ3v) is 4.11. The number of benzene rings is 1. The highest BCUT2D eigenvalue weighted by molar-refractivity contribution is 5.23. The van der Waals surface area contributed by atoms with E-state index in [0.29, 0.717) is 12.6 Å². The van der Waals surface area contributed by atoms with Crippen LogP contribution in [0.25, 0.3) is 0 Å². The van der Waals surface area contributed by atoms with Gasteiger partial charge in [-0.2, -0.15) is 0 Å². The molecule has 1 aromatic rings. The number of likely N-dealkylation sites (N-methyl/N-ethyl adjacent to an activating group) is 1. The van der Waals surface area contributed by atoms with Crippen LogP contribution in [-0.2, 0) is 5.60 Å². The van der Waals surface area contributed by atoms with Gasteiger partial charge in [0.15, 0.2) is 0 Å². The minimum atomic E-state index is -0.932. The van der Waals surface area contributed by atoms with Crippen molar-refractivity contribution in [1.29, 1.82) is 0 Å². The Labute approximate surface area is 110 Å². The summed E-state index contributed by atoms with van der Waals surface area (Å²) in [6.07, 6.45) is 5.10. The van der Waals surface area contributed by atoms with Crippen molar-refractivity contribution in [3.63, 3.8) is 0 Å². The lowest BCUT2D eigenvalue weighted by atomic mass is 9.93. The van der Waals surface area contributed by atoms with Gasteiger partial charge in [-0.05, 0) is 25.5 Å². The molecule has 1 unspecified atom stereocenters. The van der Waals surface area contributed by atoms with Crippen molar-refractivity contribution >= 4 is 0 Å². The number of nitrogens with two attached hydrogens (primary N) is 1. The van der Waals surface area contributed by atoms with Gasteiger partial charge < -0.3 is 15.7 Å². The van der Waals surface area contributed by atoms with Crippen molar-refractivity contribution in [3.8, 4) is 0 Å². The van der Waals surface area contributed by atoms with E-state index in [2.05, 4.69) is 11.9 Å². The number of hydrogen-bond donors (Lipinski definition) is 2. The molecule has 3 N–H and O–H groups in total. The van der Waals surface area contributed by atoms with Crippen molar-refractivity contribution in [2.75, 3.05) is 20.1 Å². The minimum absolute atomic E-state index is 0.258. The SMILES string of the molecule is CN(CC(O)(CN)c1ccccc1)C1CCCC1. The molecule has 0 saturated heterocycles. The molecule has 100 valence electrons. The molecule has 18 heavy (non-hydrogen) atoms. The summed E-state index contributed by atoms with van der Waals surface area (Å²) in [6, 6.07) is 10.4. The van der Waals surface area contributed by atoms with Crippen molar-refractivity contribution < 1.29 is 5.11 Å². The molecule has 0 heterocycles. The van der Waals surface area contributed by atoms with Crippen molar-refractivity contribution in [2.45, 2.75) is 37.3 Å². The van der Waals surface area contributed by atoms with E-state index in [1.54, 1.807) is 0 Å². The summed E-state index contributed by atoms with van der Waals surface area (Å²) < 4.78 is 0. The van der Waals surface area contributed by atoms with E-state index in [1.807, 2.05) is 30.3 Å². The van der Waals surface area contributed by atoms with Crippen LogP contribution in [0, 0.1) is 0 Å². The predicted molar refractivity (Wildman–Crippen MR) is 74.3 cm³/mol. The van der Waals surface area contributed by atoms with Crippen LogP contribution in [0.2, 0.25) is 0 Å². The van der Waals surface area contributed by atoms with Crippen molar-refractivity contribution in [3.05, 3.63) is 35.9 Å².